The summed E-state index contributed by atoms with van der Waals surface area (Å²) in [6.07, 6.45) is 1.61. The van der Waals surface area contributed by atoms with Gasteiger partial charge in [0, 0.05) is 26.1 Å². The predicted octanol–water partition coefficient (Wildman–Crippen LogP) is 0.792. The van der Waals surface area contributed by atoms with Crippen molar-refractivity contribution in [2.75, 3.05) is 20.1 Å². The second kappa shape index (κ2) is 6.00. The van der Waals surface area contributed by atoms with E-state index in [2.05, 4.69) is 4.90 Å². The number of amides is 1. The zero-order valence-electron chi connectivity index (χ0n) is 10.8. The maximum atomic E-state index is 11.9. The van der Waals surface area contributed by atoms with Crippen molar-refractivity contribution < 1.29 is 14.7 Å². The average molecular weight is 242 g/mol. The van der Waals surface area contributed by atoms with E-state index in [0.29, 0.717) is 13.0 Å². The molecule has 1 heterocycles. The summed E-state index contributed by atoms with van der Waals surface area (Å²) in [6, 6.07) is 0.207. The number of aliphatic carboxylic acids is 1. The minimum atomic E-state index is -0.774. The van der Waals surface area contributed by atoms with E-state index in [1.54, 1.807) is 4.90 Å². The highest BCUT2D eigenvalue weighted by Gasteiger charge is 2.34. The summed E-state index contributed by atoms with van der Waals surface area (Å²) in [5.41, 5.74) is 0. The Bertz CT molecular complexity index is 291. The normalized spacial score (nSPS) is 20.6. The first-order chi connectivity index (χ1) is 7.93. The summed E-state index contributed by atoms with van der Waals surface area (Å²) in [5, 5.41) is 8.63. The molecule has 17 heavy (non-hydrogen) atoms. The molecule has 0 aliphatic carbocycles. The van der Waals surface area contributed by atoms with E-state index in [-0.39, 0.29) is 24.4 Å². The van der Waals surface area contributed by atoms with Crippen LogP contribution in [-0.4, -0.2) is 59.0 Å². The van der Waals surface area contributed by atoms with Gasteiger partial charge in [0.15, 0.2) is 0 Å². The van der Waals surface area contributed by atoms with E-state index in [4.69, 9.17) is 5.11 Å². The van der Waals surface area contributed by atoms with Crippen molar-refractivity contribution in [1.82, 2.24) is 9.80 Å². The number of carboxylic acid groups (broad SMARTS) is 1. The molecule has 5 heteroatoms. The fraction of sp³-hybridized carbons (Fsp3) is 0.833. The van der Waals surface area contributed by atoms with Gasteiger partial charge in [-0.05, 0) is 33.2 Å². The zero-order valence-corrected chi connectivity index (χ0v) is 10.8. The fourth-order valence-electron chi connectivity index (χ4n) is 2.30. The highest BCUT2D eigenvalue weighted by atomic mass is 16.4. The molecule has 1 fully saturated rings. The Morgan fingerprint density at radius 3 is 2.65 bits per heavy atom. The van der Waals surface area contributed by atoms with Crippen LogP contribution in [0, 0.1) is 0 Å². The number of hydrogen-bond donors (Lipinski definition) is 1. The Morgan fingerprint density at radius 1 is 1.59 bits per heavy atom. The maximum Gasteiger partial charge on any atom is 0.303 e. The lowest BCUT2D eigenvalue weighted by molar-refractivity contribution is -0.137. The molecule has 0 aromatic rings. The summed E-state index contributed by atoms with van der Waals surface area (Å²) in [4.78, 5) is 26.3. The summed E-state index contributed by atoms with van der Waals surface area (Å²) in [5.74, 6) is -0.613. The Labute approximate surface area is 102 Å². The van der Waals surface area contributed by atoms with Crippen molar-refractivity contribution in [2.45, 2.75) is 45.2 Å². The zero-order chi connectivity index (χ0) is 13.0. The summed E-state index contributed by atoms with van der Waals surface area (Å²) >= 11 is 0. The van der Waals surface area contributed by atoms with Gasteiger partial charge in [-0.25, -0.2) is 0 Å². The summed E-state index contributed by atoms with van der Waals surface area (Å²) in [6.45, 7) is 5.57. The first-order valence-corrected chi connectivity index (χ1v) is 6.16. The highest BCUT2D eigenvalue weighted by molar-refractivity contribution is 5.83. The van der Waals surface area contributed by atoms with Crippen LogP contribution >= 0.6 is 0 Å². The van der Waals surface area contributed by atoms with Gasteiger partial charge < -0.3 is 10.0 Å². The van der Waals surface area contributed by atoms with E-state index in [1.165, 1.54) is 0 Å². The van der Waals surface area contributed by atoms with Crippen molar-refractivity contribution in [3.05, 3.63) is 0 Å². The van der Waals surface area contributed by atoms with Crippen molar-refractivity contribution >= 4 is 11.9 Å². The van der Waals surface area contributed by atoms with Crippen molar-refractivity contribution in [2.24, 2.45) is 0 Å². The molecule has 0 aromatic heterocycles. The van der Waals surface area contributed by atoms with Crippen LogP contribution in [0.4, 0.5) is 0 Å². The molecule has 0 radical (unpaired) electrons. The van der Waals surface area contributed by atoms with E-state index in [1.807, 2.05) is 20.9 Å². The standard InChI is InChI=1S/C12H22N2O3/c1-9(2)14(7-4-5-11(15)16)10-6-8-13(3)12(10)17/h9-10H,4-8H2,1-3H3,(H,15,16). The van der Waals surface area contributed by atoms with Crippen molar-refractivity contribution in [1.29, 1.82) is 0 Å². The fourth-order valence-corrected chi connectivity index (χ4v) is 2.30. The molecule has 1 atom stereocenters. The molecule has 5 nitrogen and oxygen atoms in total. The Kier molecular flexibility index (Phi) is 4.93. The largest absolute Gasteiger partial charge is 0.481 e. The van der Waals surface area contributed by atoms with Gasteiger partial charge in [0.25, 0.3) is 0 Å². The lowest BCUT2D eigenvalue weighted by Crippen LogP contribution is -2.45. The quantitative estimate of drug-likeness (QED) is 0.748. The van der Waals surface area contributed by atoms with Crippen LogP contribution in [0.1, 0.15) is 33.1 Å². The van der Waals surface area contributed by atoms with Crippen LogP contribution in [0.2, 0.25) is 0 Å². The minimum Gasteiger partial charge on any atom is -0.481 e. The number of carboxylic acids is 1. The van der Waals surface area contributed by atoms with Crippen LogP contribution in [-0.2, 0) is 9.59 Å². The van der Waals surface area contributed by atoms with Crippen LogP contribution in [0.15, 0.2) is 0 Å². The third-order valence-corrected chi connectivity index (χ3v) is 3.27. The van der Waals surface area contributed by atoms with Crippen LogP contribution in [0.5, 0.6) is 0 Å². The number of carbonyl (C=O) groups excluding carboxylic acids is 1. The number of nitrogens with zero attached hydrogens (tertiary/aromatic N) is 2. The SMILES string of the molecule is CC(C)N(CCCC(=O)O)C1CCN(C)C1=O. The highest BCUT2D eigenvalue weighted by Crippen LogP contribution is 2.18. The van der Waals surface area contributed by atoms with E-state index < -0.39 is 5.97 Å². The first kappa shape index (κ1) is 14.0. The molecule has 0 saturated carbocycles. The van der Waals surface area contributed by atoms with Crippen LogP contribution < -0.4 is 0 Å². The minimum absolute atomic E-state index is 0.0613. The van der Waals surface area contributed by atoms with Gasteiger partial charge in [-0.2, -0.15) is 0 Å². The van der Waals surface area contributed by atoms with Gasteiger partial charge in [-0.1, -0.05) is 0 Å². The van der Waals surface area contributed by atoms with Gasteiger partial charge in [-0.3, -0.25) is 14.5 Å². The number of likely N-dealkylation sites (N-methyl/N-ethyl adjacent to an activating group) is 1. The molecule has 98 valence electrons. The topological polar surface area (TPSA) is 60.9 Å². The van der Waals surface area contributed by atoms with Crippen LogP contribution in [0.3, 0.4) is 0 Å². The van der Waals surface area contributed by atoms with Crippen LogP contribution in [0.25, 0.3) is 0 Å². The number of likely N-dealkylation sites (tertiary alicyclic amines) is 1. The average Bonchev–Trinajstić information content (AvgIpc) is 2.54. The smallest absolute Gasteiger partial charge is 0.303 e. The summed E-state index contributed by atoms with van der Waals surface area (Å²) in [7, 11) is 1.82. The molecule has 1 rings (SSSR count). The third-order valence-electron chi connectivity index (χ3n) is 3.27. The molecular formula is C12H22N2O3. The molecule has 1 aliphatic heterocycles. The number of carbonyl (C=O) groups is 2. The second-order valence-electron chi connectivity index (χ2n) is 4.89. The molecule has 0 aromatic carbocycles. The predicted molar refractivity (Wildman–Crippen MR) is 64.8 cm³/mol. The van der Waals surface area contributed by atoms with E-state index in [0.717, 1.165) is 13.0 Å². The van der Waals surface area contributed by atoms with Gasteiger partial charge in [0.1, 0.15) is 0 Å². The third kappa shape index (κ3) is 3.70. The molecule has 1 N–H and O–H groups in total. The van der Waals surface area contributed by atoms with Gasteiger partial charge in [0.05, 0.1) is 6.04 Å². The lowest BCUT2D eigenvalue weighted by Gasteiger charge is -2.31. The number of rotatable bonds is 6. The van der Waals surface area contributed by atoms with Crippen molar-refractivity contribution in [3.8, 4) is 0 Å². The maximum absolute atomic E-state index is 11.9. The lowest BCUT2D eigenvalue weighted by atomic mass is 10.1. The Hall–Kier alpha value is -1.10. The molecule has 0 spiro atoms. The molecule has 1 unspecified atom stereocenters. The van der Waals surface area contributed by atoms with Gasteiger partial charge >= 0.3 is 5.97 Å². The molecule has 1 aliphatic rings. The van der Waals surface area contributed by atoms with E-state index in [9.17, 15) is 9.59 Å². The van der Waals surface area contributed by atoms with Crippen molar-refractivity contribution in [3.63, 3.8) is 0 Å². The van der Waals surface area contributed by atoms with Gasteiger partial charge in [0.2, 0.25) is 5.91 Å². The summed E-state index contributed by atoms with van der Waals surface area (Å²) < 4.78 is 0. The second-order valence-corrected chi connectivity index (χ2v) is 4.89. The Morgan fingerprint density at radius 2 is 2.24 bits per heavy atom. The van der Waals surface area contributed by atoms with Gasteiger partial charge in [-0.15, -0.1) is 0 Å². The molecule has 1 amide bonds. The Balaban J connectivity index is 2.54. The monoisotopic (exact) mass is 242 g/mol. The molecular weight excluding hydrogens is 220 g/mol. The first-order valence-electron chi connectivity index (χ1n) is 6.16. The molecule has 0 bridgehead atoms. The molecule has 1 saturated heterocycles. The van der Waals surface area contributed by atoms with E-state index >= 15 is 0 Å². The number of hydrogen-bond acceptors (Lipinski definition) is 3.